The minimum atomic E-state index is 0.443. The molecule has 3 aromatic rings. The predicted molar refractivity (Wildman–Crippen MR) is 107 cm³/mol. The molecule has 4 rings (SSSR count). The van der Waals surface area contributed by atoms with Crippen molar-refractivity contribution in [3.05, 3.63) is 42.4 Å². The molecule has 0 bridgehead atoms. The van der Waals surface area contributed by atoms with Gasteiger partial charge in [-0.2, -0.15) is 0 Å². The Morgan fingerprint density at radius 2 is 2.04 bits per heavy atom. The zero-order chi connectivity index (χ0) is 18.1. The molecule has 0 spiro atoms. The maximum atomic E-state index is 6.45. The fourth-order valence-corrected chi connectivity index (χ4v) is 3.62. The minimum Gasteiger partial charge on any atom is -0.393 e. The molecule has 26 heavy (non-hydrogen) atoms. The molecule has 0 aliphatic carbocycles. The number of nitrogens with one attached hydrogen (secondary N) is 1. The Morgan fingerprint density at radius 3 is 2.88 bits per heavy atom. The number of benzene rings is 1. The Labute approximate surface area is 153 Å². The van der Waals surface area contributed by atoms with E-state index in [2.05, 4.69) is 38.2 Å². The van der Waals surface area contributed by atoms with E-state index in [1.54, 1.807) is 6.33 Å². The molecule has 6 nitrogen and oxygen atoms in total. The lowest BCUT2D eigenvalue weighted by atomic mass is 10.0. The summed E-state index contributed by atoms with van der Waals surface area (Å²) < 4.78 is 0. The van der Waals surface area contributed by atoms with Crippen LogP contribution in [0.1, 0.15) is 31.9 Å². The van der Waals surface area contributed by atoms with Crippen LogP contribution in [0, 0.1) is 6.92 Å². The van der Waals surface area contributed by atoms with E-state index in [9.17, 15) is 0 Å². The molecule has 1 aromatic carbocycles. The van der Waals surface area contributed by atoms with Crippen molar-refractivity contribution >= 4 is 33.9 Å². The quantitative estimate of drug-likeness (QED) is 0.744. The Morgan fingerprint density at radius 1 is 1.15 bits per heavy atom. The molecule has 6 heteroatoms. The average molecular weight is 348 g/mol. The number of hydrogen-bond acceptors (Lipinski definition) is 6. The highest BCUT2D eigenvalue weighted by Crippen LogP contribution is 2.33. The molecule has 1 aliphatic heterocycles. The van der Waals surface area contributed by atoms with Gasteiger partial charge >= 0.3 is 0 Å². The minimum absolute atomic E-state index is 0.443. The van der Waals surface area contributed by atoms with E-state index in [1.165, 1.54) is 19.3 Å². The number of nitrogens with two attached hydrogens (primary N) is 1. The predicted octanol–water partition coefficient (Wildman–Crippen LogP) is 4.04. The van der Waals surface area contributed by atoms with Crippen molar-refractivity contribution in [1.29, 1.82) is 0 Å². The normalized spacial score (nSPS) is 17.5. The third-order valence-electron chi connectivity index (χ3n) is 5.06. The van der Waals surface area contributed by atoms with Gasteiger partial charge in [-0.05, 0) is 57.4 Å². The molecule has 1 aliphatic rings. The molecule has 0 radical (unpaired) electrons. The Kier molecular flexibility index (Phi) is 4.32. The Balaban J connectivity index is 1.70. The summed E-state index contributed by atoms with van der Waals surface area (Å²) in [5.41, 5.74) is 9.94. The second-order valence-electron chi connectivity index (χ2n) is 6.95. The van der Waals surface area contributed by atoms with E-state index in [0.717, 1.165) is 34.6 Å². The van der Waals surface area contributed by atoms with E-state index < -0.39 is 0 Å². The van der Waals surface area contributed by atoms with Crippen LogP contribution in [-0.4, -0.2) is 27.5 Å². The van der Waals surface area contributed by atoms with Crippen LogP contribution in [0.25, 0.3) is 10.9 Å². The summed E-state index contributed by atoms with van der Waals surface area (Å²) in [6.45, 7) is 5.21. The van der Waals surface area contributed by atoms with Crippen LogP contribution in [0.4, 0.5) is 23.0 Å². The highest BCUT2D eigenvalue weighted by Gasteiger charge is 2.23. The molecule has 3 N–H and O–H groups in total. The molecule has 1 fully saturated rings. The number of hydrogen-bond donors (Lipinski definition) is 2. The summed E-state index contributed by atoms with van der Waals surface area (Å²) in [6.07, 6.45) is 5.19. The first-order valence-electron chi connectivity index (χ1n) is 9.14. The van der Waals surface area contributed by atoms with Gasteiger partial charge in [0.1, 0.15) is 12.0 Å². The number of piperidine rings is 1. The first-order valence-corrected chi connectivity index (χ1v) is 9.14. The highest BCUT2D eigenvalue weighted by molar-refractivity contribution is 5.94. The van der Waals surface area contributed by atoms with Gasteiger partial charge in [-0.15, -0.1) is 0 Å². The fourth-order valence-electron chi connectivity index (χ4n) is 3.62. The second-order valence-corrected chi connectivity index (χ2v) is 6.95. The maximum absolute atomic E-state index is 6.45. The summed E-state index contributed by atoms with van der Waals surface area (Å²) in [6, 6.07) is 10.5. The van der Waals surface area contributed by atoms with Gasteiger partial charge in [-0.3, -0.25) is 4.98 Å². The summed E-state index contributed by atoms with van der Waals surface area (Å²) >= 11 is 0. The van der Waals surface area contributed by atoms with Crippen LogP contribution < -0.4 is 16.0 Å². The number of aryl methyl sites for hydroxylation is 1. The third kappa shape index (κ3) is 3.03. The van der Waals surface area contributed by atoms with Crippen molar-refractivity contribution in [2.24, 2.45) is 0 Å². The zero-order valence-electron chi connectivity index (χ0n) is 15.2. The lowest BCUT2D eigenvalue weighted by Gasteiger charge is -2.35. The molecule has 2 aromatic heterocycles. The van der Waals surface area contributed by atoms with Gasteiger partial charge in [-0.1, -0.05) is 6.07 Å². The SMILES string of the molecule is Cc1ccc2c(Nc3ncnc(N4CCCCC4C)c3N)cccc2n1. The molecule has 0 amide bonds. The second kappa shape index (κ2) is 6.78. The lowest BCUT2D eigenvalue weighted by Crippen LogP contribution is -2.38. The van der Waals surface area contributed by atoms with Crippen molar-refractivity contribution < 1.29 is 0 Å². The van der Waals surface area contributed by atoms with Crippen LogP contribution >= 0.6 is 0 Å². The first kappa shape index (κ1) is 16.6. The summed E-state index contributed by atoms with van der Waals surface area (Å²) in [5.74, 6) is 1.46. The van der Waals surface area contributed by atoms with Crippen LogP contribution in [0.5, 0.6) is 0 Å². The van der Waals surface area contributed by atoms with Gasteiger partial charge in [0.05, 0.1) is 5.52 Å². The highest BCUT2D eigenvalue weighted by atomic mass is 15.2. The monoisotopic (exact) mass is 348 g/mol. The number of fused-ring (bicyclic) bond motifs is 1. The number of nitrogen functional groups attached to an aromatic ring is 1. The van der Waals surface area contributed by atoms with Gasteiger partial charge < -0.3 is 16.0 Å². The van der Waals surface area contributed by atoms with E-state index in [1.807, 2.05) is 31.2 Å². The van der Waals surface area contributed by atoms with Crippen molar-refractivity contribution in [3.8, 4) is 0 Å². The van der Waals surface area contributed by atoms with Crippen LogP contribution in [0.2, 0.25) is 0 Å². The van der Waals surface area contributed by atoms with Gasteiger partial charge in [-0.25, -0.2) is 9.97 Å². The number of aromatic nitrogens is 3. The molecule has 1 saturated heterocycles. The van der Waals surface area contributed by atoms with Gasteiger partial charge in [0.15, 0.2) is 11.6 Å². The Hall–Kier alpha value is -2.89. The molecule has 1 atom stereocenters. The van der Waals surface area contributed by atoms with Crippen LogP contribution in [0.15, 0.2) is 36.7 Å². The molecule has 0 saturated carbocycles. The molecule has 134 valence electrons. The van der Waals surface area contributed by atoms with E-state index in [4.69, 9.17) is 5.73 Å². The third-order valence-corrected chi connectivity index (χ3v) is 5.06. The van der Waals surface area contributed by atoms with Crippen LogP contribution in [-0.2, 0) is 0 Å². The van der Waals surface area contributed by atoms with Crippen molar-refractivity contribution in [1.82, 2.24) is 15.0 Å². The average Bonchev–Trinajstić information content (AvgIpc) is 2.64. The number of rotatable bonds is 3. The summed E-state index contributed by atoms with van der Waals surface area (Å²) in [7, 11) is 0. The van der Waals surface area contributed by atoms with E-state index >= 15 is 0 Å². The van der Waals surface area contributed by atoms with E-state index in [0.29, 0.717) is 17.5 Å². The first-order chi connectivity index (χ1) is 12.6. The van der Waals surface area contributed by atoms with Crippen molar-refractivity contribution in [2.75, 3.05) is 22.5 Å². The summed E-state index contributed by atoms with van der Waals surface area (Å²) in [5, 5.41) is 4.43. The smallest absolute Gasteiger partial charge is 0.159 e. The maximum Gasteiger partial charge on any atom is 0.159 e. The molecule has 3 heterocycles. The largest absolute Gasteiger partial charge is 0.393 e. The zero-order valence-corrected chi connectivity index (χ0v) is 15.2. The van der Waals surface area contributed by atoms with E-state index in [-0.39, 0.29) is 0 Å². The number of nitrogens with zero attached hydrogens (tertiary/aromatic N) is 4. The molecule has 1 unspecified atom stereocenters. The lowest BCUT2D eigenvalue weighted by molar-refractivity contribution is 0.481. The van der Waals surface area contributed by atoms with Gasteiger partial charge in [0.2, 0.25) is 0 Å². The van der Waals surface area contributed by atoms with Gasteiger partial charge in [0.25, 0.3) is 0 Å². The Bertz CT molecular complexity index is 939. The van der Waals surface area contributed by atoms with Crippen molar-refractivity contribution in [3.63, 3.8) is 0 Å². The molecular weight excluding hydrogens is 324 g/mol. The van der Waals surface area contributed by atoms with Crippen molar-refractivity contribution in [2.45, 2.75) is 39.2 Å². The fraction of sp³-hybridized carbons (Fsp3) is 0.350. The van der Waals surface area contributed by atoms with Gasteiger partial charge in [0, 0.05) is 29.4 Å². The molecular formula is C20H24N6. The van der Waals surface area contributed by atoms with Crippen LogP contribution in [0.3, 0.4) is 0 Å². The topological polar surface area (TPSA) is 80.0 Å². The standard InChI is InChI=1S/C20H24N6/c1-13-9-10-15-16(24-13)7-5-8-17(15)25-19-18(21)20(23-12-22-19)26-11-4-3-6-14(26)2/h5,7-10,12,14H,3-4,6,11,21H2,1-2H3,(H,22,23,25). The number of pyridine rings is 1. The number of anilines is 4. The summed E-state index contributed by atoms with van der Waals surface area (Å²) in [4.78, 5) is 15.7.